The van der Waals surface area contributed by atoms with E-state index in [1.54, 1.807) is 11.3 Å². The second kappa shape index (κ2) is 6.91. The van der Waals surface area contributed by atoms with Crippen LogP contribution in [0.15, 0.2) is 11.4 Å². The topological polar surface area (TPSA) is 82.7 Å². The summed E-state index contributed by atoms with van der Waals surface area (Å²) in [7, 11) is 0. The smallest absolute Gasteiger partial charge is 0.315 e. The number of urea groups is 1. The molecule has 0 aliphatic carbocycles. The van der Waals surface area contributed by atoms with Gasteiger partial charge in [0.25, 0.3) is 0 Å². The van der Waals surface area contributed by atoms with Crippen LogP contribution in [0.2, 0.25) is 0 Å². The van der Waals surface area contributed by atoms with Gasteiger partial charge in [0.05, 0.1) is 35.2 Å². The molecule has 0 radical (unpaired) electrons. The highest BCUT2D eigenvalue weighted by molar-refractivity contribution is 7.09. The van der Waals surface area contributed by atoms with E-state index in [1.807, 2.05) is 18.4 Å². The van der Waals surface area contributed by atoms with Crippen molar-refractivity contribution >= 4 is 17.4 Å². The highest BCUT2D eigenvalue weighted by Gasteiger charge is 2.18. The molecule has 0 aliphatic heterocycles. The summed E-state index contributed by atoms with van der Waals surface area (Å²) in [5, 5.41) is 15.7. The Morgan fingerprint density at radius 1 is 1.27 bits per heavy atom. The molecule has 2 aromatic heterocycles. The first-order valence-electron chi connectivity index (χ1n) is 7.38. The van der Waals surface area contributed by atoms with Gasteiger partial charge in [0.2, 0.25) is 0 Å². The zero-order chi connectivity index (χ0) is 16.2. The molecule has 0 saturated carbocycles. The highest BCUT2D eigenvalue weighted by Crippen LogP contribution is 2.25. The van der Waals surface area contributed by atoms with E-state index in [4.69, 9.17) is 0 Å². The third kappa shape index (κ3) is 4.56. The first-order valence-corrected chi connectivity index (χ1v) is 8.26. The van der Waals surface area contributed by atoms with Crippen molar-refractivity contribution in [1.29, 1.82) is 0 Å². The van der Waals surface area contributed by atoms with Crippen LogP contribution in [-0.2, 0) is 24.9 Å². The van der Waals surface area contributed by atoms with Crippen molar-refractivity contribution in [3.63, 3.8) is 0 Å². The molecule has 2 rings (SSSR count). The Balaban J connectivity index is 1.76. The van der Waals surface area contributed by atoms with Crippen LogP contribution in [0.4, 0.5) is 4.79 Å². The number of aromatic amines is 1. The van der Waals surface area contributed by atoms with Gasteiger partial charge < -0.3 is 10.6 Å². The fourth-order valence-corrected chi connectivity index (χ4v) is 2.73. The number of nitrogens with zero attached hydrogens (tertiary/aromatic N) is 2. The van der Waals surface area contributed by atoms with E-state index in [-0.39, 0.29) is 11.4 Å². The van der Waals surface area contributed by atoms with Crippen LogP contribution < -0.4 is 10.6 Å². The van der Waals surface area contributed by atoms with Crippen LogP contribution >= 0.6 is 11.3 Å². The van der Waals surface area contributed by atoms with E-state index in [2.05, 4.69) is 46.6 Å². The van der Waals surface area contributed by atoms with Crippen molar-refractivity contribution in [3.05, 3.63) is 33.5 Å². The van der Waals surface area contributed by atoms with E-state index >= 15 is 0 Å². The molecule has 0 bridgehead atoms. The average molecular weight is 321 g/mol. The number of H-pyrrole nitrogens is 1. The molecule has 0 aromatic carbocycles. The number of thiazole rings is 1. The molecule has 2 heterocycles. The van der Waals surface area contributed by atoms with E-state index in [0.717, 1.165) is 28.5 Å². The zero-order valence-electron chi connectivity index (χ0n) is 13.5. The number of carbonyl (C=O) groups excluding carboxylic acids is 1. The van der Waals surface area contributed by atoms with Gasteiger partial charge in [-0.15, -0.1) is 11.3 Å². The van der Waals surface area contributed by atoms with Crippen molar-refractivity contribution in [2.75, 3.05) is 0 Å². The maximum Gasteiger partial charge on any atom is 0.315 e. The van der Waals surface area contributed by atoms with Gasteiger partial charge in [-0.05, 0) is 12.5 Å². The van der Waals surface area contributed by atoms with Gasteiger partial charge in [-0.1, -0.05) is 27.7 Å². The first kappa shape index (κ1) is 16.5. The summed E-state index contributed by atoms with van der Waals surface area (Å²) in [5.74, 6) is 0. The molecular weight excluding hydrogens is 298 g/mol. The second-order valence-corrected chi connectivity index (χ2v) is 7.03. The Morgan fingerprint density at radius 3 is 2.59 bits per heavy atom. The number of amides is 2. The Hall–Kier alpha value is -1.89. The van der Waals surface area contributed by atoms with Crippen molar-refractivity contribution in [1.82, 2.24) is 25.8 Å². The van der Waals surface area contributed by atoms with Crippen LogP contribution in [0.3, 0.4) is 0 Å². The molecule has 22 heavy (non-hydrogen) atoms. The standard InChI is InChI=1S/C15H23N5OS/c1-5-10-6-11(20-19-10)7-16-14(21)17-8-12-9-22-13(18-12)15(2,3)4/h6,9H,5,7-8H2,1-4H3,(H,19,20)(H2,16,17,21). The van der Waals surface area contributed by atoms with Gasteiger partial charge in [0.1, 0.15) is 0 Å². The molecular formula is C15H23N5OS. The minimum absolute atomic E-state index is 0.0444. The minimum atomic E-state index is -0.210. The largest absolute Gasteiger partial charge is 0.333 e. The van der Waals surface area contributed by atoms with Gasteiger partial charge in [-0.2, -0.15) is 5.10 Å². The summed E-state index contributed by atoms with van der Waals surface area (Å²) in [6, 6.07) is 1.74. The first-order chi connectivity index (χ1) is 10.4. The van der Waals surface area contributed by atoms with Gasteiger partial charge >= 0.3 is 6.03 Å². The van der Waals surface area contributed by atoms with Gasteiger partial charge in [-0.3, -0.25) is 5.10 Å². The van der Waals surface area contributed by atoms with Gasteiger partial charge in [0, 0.05) is 10.8 Å². The number of nitrogens with one attached hydrogen (secondary N) is 3. The molecule has 3 N–H and O–H groups in total. The van der Waals surface area contributed by atoms with Gasteiger partial charge in [-0.25, -0.2) is 9.78 Å². The molecule has 0 atom stereocenters. The summed E-state index contributed by atoms with van der Waals surface area (Å²) in [5.41, 5.74) is 2.83. The Morgan fingerprint density at radius 2 is 2.00 bits per heavy atom. The molecule has 2 amide bonds. The molecule has 0 unspecified atom stereocenters. The lowest BCUT2D eigenvalue weighted by atomic mass is 9.98. The molecule has 6 nitrogen and oxygen atoms in total. The number of aryl methyl sites for hydroxylation is 1. The molecule has 0 spiro atoms. The van der Waals surface area contributed by atoms with Crippen LogP contribution in [0.25, 0.3) is 0 Å². The van der Waals surface area contributed by atoms with Crippen LogP contribution in [0.1, 0.15) is 49.8 Å². The maximum absolute atomic E-state index is 11.8. The third-order valence-corrected chi connectivity index (χ3v) is 4.43. The molecule has 2 aromatic rings. The monoisotopic (exact) mass is 321 g/mol. The number of hydrogen-bond donors (Lipinski definition) is 3. The van der Waals surface area contributed by atoms with Gasteiger partial charge in [0.15, 0.2) is 0 Å². The molecule has 0 fully saturated rings. The number of hydrogen-bond acceptors (Lipinski definition) is 4. The lowest BCUT2D eigenvalue weighted by molar-refractivity contribution is 0.240. The summed E-state index contributed by atoms with van der Waals surface area (Å²) < 4.78 is 0. The van der Waals surface area contributed by atoms with E-state index in [9.17, 15) is 4.79 Å². The number of aromatic nitrogens is 3. The summed E-state index contributed by atoms with van der Waals surface area (Å²) in [6.45, 7) is 9.30. The normalized spacial score (nSPS) is 11.5. The zero-order valence-corrected chi connectivity index (χ0v) is 14.3. The Labute approximate surface area is 134 Å². The average Bonchev–Trinajstić information content (AvgIpc) is 3.11. The Kier molecular flexibility index (Phi) is 5.18. The minimum Gasteiger partial charge on any atom is -0.333 e. The van der Waals surface area contributed by atoms with Crippen LogP contribution in [0.5, 0.6) is 0 Å². The fourth-order valence-electron chi connectivity index (χ4n) is 1.82. The fraction of sp³-hybridized carbons (Fsp3) is 0.533. The molecule has 7 heteroatoms. The molecule has 0 saturated heterocycles. The lowest BCUT2D eigenvalue weighted by Crippen LogP contribution is -2.34. The SMILES string of the molecule is CCc1cc(CNC(=O)NCc2csc(C(C)(C)C)n2)[nH]n1. The predicted molar refractivity (Wildman–Crippen MR) is 87.9 cm³/mol. The van der Waals surface area contributed by atoms with Crippen LogP contribution in [-0.4, -0.2) is 21.2 Å². The summed E-state index contributed by atoms with van der Waals surface area (Å²) in [6.07, 6.45) is 0.878. The van der Waals surface area contributed by atoms with E-state index in [0.29, 0.717) is 13.1 Å². The quantitative estimate of drug-likeness (QED) is 0.792. The second-order valence-electron chi connectivity index (χ2n) is 6.17. The highest BCUT2D eigenvalue weighted by atomic mass is 32.1. The number of rotatable bonds is 5. The molecule has 0 aliphatic rings. The van der Waals surface area contributed by atoms with Crippen molar-refractivity contribution in [2.45, 2.75) is 52.6 Å². The van der Waals surface area contributed by atoms with Crippen molar-refractivity contribution < 1.29 is 4.79 Å². The maximum atomic E-state index is 11.8. The van der Waals surface area contributed by atoms with E-state index < -0.39 is 0 Å². The van der Waals surface area contributed by atoms with E-state index in [1.165, 1.54) is 0 Å². The number of carbonyl (C=O) groups is 1. The molecule has 120 valence electrons. The lowest BCUT2D eigenvalue weighted by Gasteiger charge is -2.13. The Bertz CT molecular complexity index is 626. The third-order valence-electron chi connectivity index (χ3n) is 3.11. The predicted octanol–water partition coefficient (Wildman–Crippen LogP) is 2.73. The van der Waals surface area contributed by atoms with Crippen LogP contribution in [0, 0.1) is 0 Å². The summed E-state index contributed by atoms with van der Waals surface area (Å²) >= 11 is 1.63. The van der Waals surface area contributed by atoms with Crippen molar-refractivity contribution in [2.24, 2.45) is 0 Å². The summed E-state index contributed by atoms with van der Waals surface area (Å²) in [4.78, 5) is 16.3. The van der Waals surface area contributed by atoms with Crippen molar-refractivity contribution in [3.8, 4) is 0 Å².